The van der Waals surface area contributed by atoms with Crippen LogP contribution < -0.4 is 5.73 Å². The van der Waals surface area contributed by atoms with Crippen LogP contribution in [0.25, 0.3) is 0 Å². The summed E-state index contributed by atoms with van der Waals surface area (Å²) in [4.78, 5) is 34.1. The summed E-state index contributed by atoms with van der Waals surface area (Å²) in [5, 5.41) is 0.767. The molecule has 1 aliphatic rings. The first-order valence-electron chi connectivity index (χ1n) is 6.63. The zero-order valence-corrected chi connectivity index (χ0v) is 12.0. The van der Waals surface area contributed by atoms with Gasteiger partial charge in [0, 0.05) is 24.5 Å². The standard InChI is InChI=1S/C14H14N4O2S/c15-12(19)11-8-17-13(21-11)10-2-1-7-18(10)14(20)9-3-5-16-6-4-9/h3-6,8,10H,1-2,7H2,(H2,15,19)/t10-/m0/s1. The quantitative estimate of drug-likeness (QED) is 0.933. The normalized spacial score (nSPS) is 17.9. The summed E-state index contributed by atoms with van der Waals surface area (Å²) in [7, 11) is 0. The van der Waals surface area contributed by atoms with Crippen molar-refractivity contribution < 1.29 is 9.59 Å². The second-order valence-corrected chi connectivity index (χ2v) is 5.88. The first-order valence-corrected chi connectivity index (χ1v) is 7.45. The number of aromatic nitrogens is 2. The number of hydrogen-bond donors (Lipinski definition) is 1. The highest BCUT2D eigenvalue weighted by Gasteiger charge is 2.32. The number of nitrogens with two attached hydrogens (primary N) is 1. The van der Waals surface area contributed by atoms with E-state index in [4.69, 9.17) is 5.73 Å². The number of carbonyl (C=O) groups excluding carboxylic acids is 2. The van der Waals surface area contributed by atoms with Gasteiger partial charge in [0.1, 0.15) is 9.88 Å². The van der Waals surface area contributed by atoms with Gasteiger partial charge in [-0.3, -0.25) is 14.6 Å². The van der Waals surface area contributed by atoms with E-state index in [-0.39, 0.29) is 11.9 Å². The lowest BCUT2D eigenvalue weighted by atomic mass is 10.2. The molecular formula is C14H14N4O2S. The van der Waals surface area contributed by atoms with E-state index >= 15 is 0 Å². The average molecular weight is 302 g/mol. The van der Waals surface area contributed by atoms with Gasteiger partial charge >= 0.3 is 0 Å². The van der Waals surface area contributed by atoms with Gasteiger partial charge in [0.05, 0.1) is 12.2 Å². The third kappa shape index (κ3) is 2.64. The second-order valence-electron chi connectivity index (χ2n) is 4.82. The van der Waals surface area contributed by atoms with Crippen LogP contribution >= 0.6 is 11.3 Å². The van der Waals surface area contributed by atoms with Crippen molar-refractivity contribution in [3.63, 3.8) is 0 Å². The van der Waals surface area contributed by atoms with Crippen molar-refractivity contribution >= 4 is 23.2 Å². The van der Waals surface area contributed by atoms with Gasteiger partial charge in [0.15, 0.2) is 0 Å². The maximum Gasteiger partial charge on any atom is 0.260 e. The van der Waals surface area contributed by atoms with Gasteiger partial charge in [0.25, 0.3) is 11.8 Å². The van der Waals surface area contributed by atoms with Crippen molar-refractivity contribution in [3.8, 4) is 0 Å². The van der Waals surface area contributed by atoms with Gasteiger partial charge in [-0.1, -0.05) is 0 Å². The Balaban J connectivity index is 1.85. The van der Waals surface area contributed by atoms with Crippen molar-refractivity contribution in [2.45, 2.75) is 18.9 Å². The molecule has 0 spiro atoms. The molecule has 1 aliphatic heterocycles. The molecule has 0 radical (unpaired) electrons. The molecule has 2 aromatic heterocycles. The van der Waals surface area contributed by atoms with Crippen LogP contribution in [0.15, 0.2) is 30.7 Å². The number of hydrogen-bond acceptors (Lipinski definition) is 5. The number of nitrogens with zero attached hydrogens (tertiary/aromatic N) is 3. The number of primary amides is 1. The number of thiazole rings is 1. The predicted octanol–water partition coefficient (Wildman–Crippen LogP) is 1.61. The first-order chi connectivity index (χ1) is 10.2. The summed E-state index contributed by atoms with van der Waals surface area (Å²) in [5.74, 6) is -0.514. The molecule has 0 saturated carbocycles. The SMILES string of the molecule is NC(=O)c1cnc([C@@H]2CCCN2C(=O)c2ccncc2)s1. The largest absolute Gasteiger partial charge is 0.365 e. The fraction of sp³-hybridized carbons (Fsp3) is 0.286. The van der Waals surface area contributed by atoms with Crippen LogP contribution in [0.2, 0.25) is 0 Å². The maximum atomic E-state index is 12.6. The molecule has 7 heteroatoms. The zero-order chi connectivity index (χ0) is 14.8. The number of amides is 2. The Morgan fingerprint density at radius 1 is 1.33 bits per heavy atom. The Morgan fingerprint density at radius 3 is 2.76 bits per heavy atom. The summed E-state index contributed by atoms with van der Waals surface area (Å²) < 4.78 is 0. The minimum atomic E-state index is -0.483. The molecule has 0 aromatic carbocycles. The van der Waals surface area contributed by atoms with Crippen LogP contribution in [-0.2, 0) is 0 Å². The lowest BCUT2D eigenvalue weighted by Gasteiger charge is -2.23. The van der Waals surface area contributed by atoms with E-state index in [0.29, 0.717) is 17.0 Å². The smallest absolute Gasteiger partial charge is 0.260 e. The van der Waals surface area contributed by atoms with Crippen LogP contribution in [0.5, 0.6) is 0 Å². The van der Waals surface area contributed by atoms with E-state index in [1.54, 1.807) is 29.4 Å². The Kier molecular flexibility index (Phi) is 3.66. The summed E-state index contributed by atoms with van der Waals surface area (Å²) >= 11 is 1.26. The lowest BCUT2D eigenvalue weighted by Crippen LogP contribution is -2.30. The Bertz CT molecular complexity index is 671. The van der Waals surface area contributed by atoms with Gasteiger partial charge < -0.3 is 10.6 Å². The van der Waals surface area contributed by atoms with E-state index < -0.39 is 5.91 Å². The fourth-order valence-electron chi connectivity index (χ4n) is 2.48. The molecule has 1 atom stereocenters. The minimum absolute atomic E-state index is 0.0317. The van der Waals surface area contributed by atoms with Gasteiger partial charge in [-0.2, -0.15) is 0 Å². The fourth-order valence-corrected chi connectivity index (χ4v) is 3.40. The zero-order valence-electron chi connectivity index (χ0n) is 11.2. The molecule has 1 saturated heterocycles. The molecule has 1 fully saturated rings. The Labute approximate surface area is 125 Å². The average Bonchev–Trinajstić information content (AvgIpc) is 3.16. The van der Waals surface area contributed by atoms with Crippen LogP contribution in [0, 0.1) is 0 Å². The molecule has 0 bridgehead atoms. The molecule has 108 valence electrons. The second kappa shape index (κ2) is 5.61. The predicted molar refractivity (Wildman–Crippen MR) is 77.9 cm³/mol. The van der Waals surface area contributed by atoms with Crippen LogP contribution in [0.1, 0.15) is 43.9 Å². The van der Waals surface area contributed by atoms with Crippen molar-refractivity contribution in [2.75, 3.05) is 6.54 Å². The van der Waals surface area contributed by atoms with Crippen molar-refractivity contribution in [3.05, 3.63) is 46.2 Å². The third-order valence-corrected chi connectivity index (χ3v) is 4.61. The third-order valence-electron chi connectivity index (χ3n) is 3.49. The molecule has 2 amide bonds. The van der Waals surface area contributed by atoms with Gasteiger partial charge in [-0.05, 0) is 25.0 Å². The highest BCUT2D eigenvalue weighted by atomic mass is 32.1. The van der Waals surface area contributed by atoms with Gasteiger partial charge in [-0.15, -0.1) is 11.3 Å². The maximum absolute atomic E-state index is 12.6. The molecule has 6 nitrogen and oxygen atoms in total. The number of rotatable bonds is 3. The van der Waals surface area contributed by atoms with E-state index in [2.05, 4.69) is 9.97 Å². The van der Waals surface area contributed by atoms with E-state index in [0.717, 1.165) is 17.8 Å². The summed E-state index contributed by atoms with van der Waals surface area (Å²) in [6.07, 6.45) is 6.46. The Morgan fingerprint density at radius 2 is 2.10 bits per heavy atom. The lowest BCUT2D eigenvalue weighted by molar-refractivity contribution is 0.0735. The van der Waals surface area contributed by atoms with Gasteiger partial charge in [-0.25, -0.2) is 4.98 Å². The molecule has 3 rings (SSSR count). The molecular weight excluding hydrogens is 288 g/mol. The summed E-state index contributed by atoms with van der Waals surface area (Å²) in [6, 6.07) is 3.33. The monoisotopic (exact) mass is 302 g/mol. The minimum Gasteiger partial charge on any atom is -0.365 e. The molecule has 21 heavy (non-hydrogen) atoms. The topological polar surface area (TPSA) is 89.2 Å². The molecule has 2 aromatic rings. The molecule has 2 N–H and O–H groups in total. The number of pyridine rings is 1. The van der Waals surface area contributed by atoms with Crippen molar-refractivity contribution in [2.24, 2.45) is 5.73 Å². The van der Waals surface area contributed by atoms with Crippen LogP contribution in [0.3, 0.4) is 0 Å². The van der Waals surface area contributed by atoms with Crippen LogP contribution in [-0.4, -0.2) is 33.2 Å². The molecule has 0 unspecified atom stereocenters. The van der Waals surface area contributed by atoms with E-state index in [9.17, 15) is 9.59 Å². The summed E-state index contributed by atoms with van der Waals surface area (Å²) in [5.41, 5.74) is 5.87. The van der Waals surface area contributed by atoms with Crippen LogP contribution in [0.4, 0.5) is 0 Å². The number of carbonyl (C=O) groups is 2. The molecule has 0 aliphatic carbocycles. The summed E-state index contributed by atoms with van der Waals surface area (Å²) in [6.45, 7) is 0.692. The van der Waals surface area contributed by atoms with E-state index in [1.807, 2.05) is 0 Å². The van der Waals surface area contributed by atoms with Gasteiger partial charge in [0.2, 0.25) is 0 Å². The number of likely N-dealkylation sites (tertiary alicyclic amines) is 1. The highest BCUT2D eigenvalue weighted by molar-refractivity contribution is 7.13. The Hall–Kier alpha value is -2.28. The van der Waals surface area contributed by atoms with Crippen molar-refractivity contribution in [1.82, 2.24) is 14.9 Å². The van der Waals surface area contributed by atoms with E-state index in [1.165, 1.54) is 17.5 Å². The molecule has 3 heterocycles. The van der Waals surface area contributed by atoms with Crippen molar-refractivity contribution in [1.29, 1.82) is 0 Å². The first kappa shape index (κ1) is 13.7. The highest BCUT2D eigenvalue weighted by Crippen LogP contribution is 2.35.